The lowest BCUT2D eigenvalue weighted by molar-refractivity contribution is 0.101. The Kier molecular flexibility index (Phi) is 5.15. The van der Waals surface area contributed by atoms with Crippen molar-refractivity contribution in [2.24, 2.45) is 0 Å². The van der Waals surface area contributed by atoms with Crippen molar-refractivity contribution in [2.45, 2.75) is 33.6 Å². The fourth-order valence-electron chi connectivity index (χ4n) is 2.29. The van der Waals surface area contributed by atoms with Crippen molar-refractivity contribution in [2.75, 3.05) is 6.61 Å². The van der Waals surface area contributed by atoms with Crippen LogP contribution in [0.4, 0.5) is 0 Å². The van der Waals surface area contributed by atoms with Crippen LogP contribution >= 0.6 is 0 Å². The van der Waals surface area contributed by atoms with Gasteiger partial charge in [0.15, 0.2) is 5.78 Å². The second-order valence-electron chi connectivity index (χ2n) is 5.32. The minimum Gasteiger partial charge on any atom is -0.494 e. The molecule has 0 saturated carbocycles. The molecular weight excluding hydrogens is 260 g/mol. The van der Waals surface area contributed by atoms with Gasteiger partial charge in [0.25, 0.3) is 0 Å². The summed E-state index contributed by atoms with van der Waals surface area (Å²) in [7, 11) is 0. The second-order valence-corrected chi connectivity index (χ2v) is 5.32. The van der Waals surface area contributed by atoms with Crippen molar-refractivity contribution >= 4 is 5.78 Å². The summed E-state index contributed by atoms with van der Waals surface area (Å²) in [5.41, 5.74) is 4.12. The molecule has 0 aromatic heterocycles. The van der Waals surface area contributed by atoms with Crippen molar-refractivity contribution in [1.29, 1.82) is 0 Å². The van der Waals surface area contributed by atoms with Crippen LogP contribution in [0, 0.1) is 6.92 Å². The van der Waals surface area contributed by atoms with Crippen molar-refractivity contribution in [3.63, 3.8) is 0 Å². The van der Waals surface area contributed by atoms with E-state index < -0.39 is 0 Å². The highest BCUT2D eigenvalue weighted by Crippen LogP contribution is 2.27. The van der Waals surface area contributed by atoms with Crippen LogP contribution in [0.1, 0.15) is 42.6 Å². The number of benzene rings is 2. The van der Waals surface area contributed by atoms with Crippen LogP contribution in [-0.2, 0) is 0 Å². The van der Waals surface area contributed by atoms with Crippen molar-refractivity contribution in [3.05, 3.63) is 53.6 Å². The van der Waals surface area contributed by atoms with E-state index in [0.29, 0.717) is 0 Å². The van der Waals surface area contributed by atoms with E-state index in [2.05, 4.69) is 19.1 Å². The smallest absolute Gasteiger partial charge is 0.159 e. The highest BCUT2D eigenvalue weighted by molar-refractivity contribution is 5.95. The zero-order valence-corrected chi connectivity index (χ0v) is 13.0. The molecule has 0 fully saturated rings. The number of Topliss-reactive ketones (excluding diaryl/α,β-unsaturated/α-hetero) is 1. The van der Waals surface area contributed by atoms with Gasteiger partial charge >= 0.3 is 0 Å². The molecule has 0 saturated heterocycles. The molecule has 2 heteroatoms. The Labute approximate surface area is 126 Å². The van der Waals surface area contributed by atoms with Gasteiger partial charge in [-0.15, -0.1) is 0 Å². The topological polar surface area (TPSA) is 26.3 Å². The average molecular weight is 282 g/mol. The largest absolute Gasteiger partial charge is 0.494 e. The molecule has 110 valence electrons. The molecule has 0 radical (unpaired) electrons. The highest BCUT2D eigenvalue weighted by atomic mass is 16.5. The average Bonchev–Trinajstić information content (AvgIpc) is 2.47. The Morgan fingerprint density at radius 1 is 1.14 bits per heavy atom. The van der Waals surface area contributed by atoms with Crippen LogP contribution < -0.4 is 4.74 Å². The molecule has 0 aliphatic carbocycles. The van der Waals surface area contributed by atoms with Crippen LogP contribution in [0.15, 0.2) is 42.5 Å². The van der Waals surface area contributed by atoms with E-state index in [1.807, 2.05) is 37.3 Å². The molecule has 0 aliphatic rings. The normalized spacial score (nSPS) is 10.4. The maximum atomic E-state index is 11.4. The van der Waals surface area contributed by atoms with Gasteiger partial charge in [0.1, 0.15) is 5.75 Å². The van der Waals surface area contributed by atoms with Gasteiger partial charge in [-0.25, -0.2) is 0 Å². The minimum atomic E-state index is 0.0984. The molecule has 0 aliphatic heterocycles. The van der Waals surface area contributed by atoms with E-state index in [1.54, 1.807) is 6.92 Å². The number of ether oxygens (including phenoxy) is 1. The van der Waals surface area contributed by atoms with Crippen LogP contribution in [0.25, 0.3) is 11.1 Å². The van der Waals surface area contributed by atoms with E-state index >= 15 is 0 Å². The standard InChI is InChI=1S/C19H22O2/c1-4-5-11-21-18-8-6-7-17(13-18)19-10-9-16(15(3)20)12-14(19)2/h6-10,12-13H,4-5,11H2,1-3H3. The van der Waals surface area contributed by atoms with Crippen LogP contribution in [-0.4, -0.2) is 12.4 Å². The Morgan fingerprint density at radius 2 is 1.95 bits per heavy atom. The highest BCUT2D eigenvalue weighted by Gasteiger charge is 2.06. The SMILES string of the molecule is CCCCOc1cccc(-c2ccc(C(C)=O)cc2C)c1. The lowest BCUT2D eigenvalue weighted by atomic mass is 9.97. The number of ketones is 1. The minimum absolute atomic E-state index is 0.0984. The quantitative estimate of drug-likeness (QED) is 0.548. The molecular formula is C19H22O2. The maximum absolute atomic E-state index is 11.4. The molecule has 2 aromatic rings. The first-order valence-electron chi connectivity index (χ1n) is 7.46. The lowest BCUT2D eigenvalue weighted by Crippen LogP contribution is -1.97. The molecule has 21 heavy (non-hydrogen) atoms. The predicted molar refractivity (Wildman–Crippen MR) is 87.0 cm³/mol. The van der Waals surface area contributed by atoms with Gasteiger partial charge in [-0.05, 0) is 55.2 Å². The van der Waals surface area contributed by atoms with Crippen LogP contribution in [0.2, 0.25) is 0 Å². The Morgan fingerprint density at radius 3 is 2.62 bits per heavy atom. The summed E-state index contributed by atoms with van der Waals surface area (Å²) < 4.78 is 5.76. The maximum Gasteiger partial charge on any atom is 0.159 e. The summed E-state index contributed by atoms with van der Waals surface area (Å²) in [4.78, 5) is 11.4. The third-order valence-electron chi connectivity index (χ3n) is 3.54. The number of rotatable bonds is 6. The first kappa shape index (κ1) is 15.3. The molecule has 0 unspecified atom stereocenters. The first-order chi connectivity index (χ1) is 10.1. The summed E-state index contributed by atoms with van der Waals surface area (Å²) in [6.07, 6.45) is 2.20. The molecule has 0 bridgehead atoms. The van der Waals surface area contributed by atoms with E-state index in [9.17, 15) is 4.79 Å². The van der Waals surface area contributed by atoms with E-state index in [0.717, 1.165) is 47.5 Å². The van der Waals surface area contributed by atoms with Gasteiger partial charge in [-0.3, -0.25) is 4.79 Å². The Bertz CT molecular complexity index is 629. The number of carbonyl (C=O) groups excluding carboxylic acids is 1. The summed E-state index contributed by atoms with van der Waals surface area (Å²) in [5.74, 6) is 0.997. The van der Waals surface area contributed by atoms with Gasteiger partial charge in [0.05, 0.1) is 6.61 Å². The van der Waals surface area contributed by atoms with Crippen molar-refractivity contribution < 1.29 is 9.53 Å². The number of hydrogen-bond acceptors (Lipinski definition) is 2. The fraction of sp³-hybridized carbons (Fsp3) is 0.316. The zero-order chi connectivity index (χ0) is 15.2. The molecule has 2 aromatic carbocycles. The second kappa shape index (κ2) is 7.07. The van der Waals surface area contributed by atoms with Crippen LogP contribution in [0.3, 0.4) is 0 Å². The van der Waals surface area contributed by atoms with Gasteiger partial charge in [-0.2, -0.15) is 0 Å². The fourth-order valence-corrected chi connectivity index (χ4v) is 2.29. The lowest BCUT2D eigenvalue weighted by Gasteiger charge is -2.10. The number of hydrogen-bond donors (Lipinski definition) is 0. The first-order valence-corrected chi connectivity index (χ1v) is 7.46. The van der Waals surface area contributed by atoms with Gasteiger partial charge in [-0.1, -0.05) is 37.6 Å². The molecule has 0 spiro atoms. The molecule has 0 heterocycles. The number of aryl methyl sites for hydroxylation is 1. The van der Waals surface area contributed by atoms with E-state index in [-0.39, 0.29) is 5.78 Å². The number of unbranched alkanes of at least 4 members (excludes halogenated alkanes) is 1. The Balaban J connectivity index is 2.25. The molecule has 0 N–H and O–H groups in total. The predicted octanol–water partition coefficient (Wildman–Crippen LogP) is 5.04. The Hall–Kier alpha value is -2.09. The third-order valence-corrected chi connectivity index (χ3v) is 3.54. The van der Waals surface area contributed by atoms with Crippen molar-refractivity contribution in [3.8, 4) is 16.9 Å². The summed E-state index contributed by atoms with van der Waals surface area (Å²) in [5, 5.41) is 0. The molecule has 2 nitrogen and oxygen atoms in total. The van der Waals surface area contributed by atoms with E-state index in [1.165, 1.54) is 0 Å². The third kappa shape index (κ3) is 3.94. The molecule has 0 amide bonds. The van der Waals surface area contributed by atoms with Crippen molar-refractivity contribution in [1.82, 2.24) is 0 Å². The summed E-state index contributed by atoms with van der Waals surface area (Å²) >= 11 is 0. The van der Waals surface area contributed by atoms with Gasteiger partial charge in [0.2, 0.25) is 0 Å². The van der Waals surface area contributed by atoms with Gasteiger partial charge < -0.3 is 4.74 Å². The summed E-state index contributed by atoms with van der Waals surface area (Å²) in [6.45, 7) is 6.53. The van der Waals surface area contributed by atoms with E-state index in [4.69, 9.17) is 4.74 Å². The number of carbonyl (C=O) groups is 1. The van der Waals surface area contributed by atoms with Gasteiger partial charge in [0, 0.05) is 5.56 Å². The van der Waals surface area contributed by atoms with Crippen LogP contribution in [0.5, 0.6) is 5.75 Å². The zero-order valence-electron chi connectivity index (χ0n) is 13.0. The monoisotopic (exact) mass is 282 g/mol. The molecule has 2 rings (SSSR count). The molecule has 0 atom stereocenters. The summed E-state index contributed by atoms with van der Waals surface area (Å²) in [6, 6.07) is 14.0.